The zero-order chi connectivity index (χ0) is 29.9. The van der Waals surface area contributed by atoms with Gasteiger partial charge in [0.15, 0.2) is 12.4 Å². The fourth-order valence-corrected chi connectivity index (χ4v) is 6.18. The zero-order valence-corrected chi connectivity index (χ0v) is 25.1. The van der Waals surface area contributed by atoms with Gasteiger partial charge in [0.2, 0.25) is 5.78 Å². The van der Waals surface area contributed by atoms with Crippen LogP contribution in [-0.4, -0.2) is 38.1 Å². The molecule has 3 aromatic carbocycles. The third-order valence-corrected chi connectivity index (χ3v) is 8.10. The second-order valence-corrected chi connectivity index (χ2v) is 12.1. The van der Waals surface area contributed by atoms with E-state index in [4.69, 9.17) is 18.4 Å². The van der Waals surface area contributed by atoms with Crippen LogP contribution in [0.3, 0.4) is 0 Å². The summed E-state index contributed by atoms with van der Waals surface area (Å²) in [4.78, 5) is 13.5. The molecule has 0 unspecified atom stereocenters. The van der Waals surface area contributed by atoms with Crippen LogP contribution in [0.1, 0.15) is 65.4 Å². The number of rotatable bonds is 11. The molecule has 0 bridgehead atoms. The van der Waals surface area contributed by atoms with Gasteiger partial charge in [-0.2, -0.15) is 8.42 Å². The van der Waals surface area contributed by atoms with E-state index in [1.165, 1.54) is 12.1 Å². The first-order valence-corrected chi connectivity index (χ1v) is 14.9. The molecule has 0 aromatic heterocycles. The van der Waals surface area contributed by atoms with Crippen LogP contribution in [0.5, 0.6) is 23.0 Å². The maximum atomic E-state index is 13.5. The van der Waals surface area contributed by atoms with Gasteiger partial charge in [0.25, 0.3) is 0 Å². The van der Waals surface area contributed by atoms with Crippen LogP contribution < -0.4 is 18.4 Å². The van der Waals surface area contributed by atoms with Crippen LogP contribution in [0.2, 0.25) is 0 Å². The van der Waals surface area contributed by atoms with Gasteiger partial charge >= 0.3 is 10.1 Å². The molecular weight excluding hydrogens is 544 g/mol. The lowest BCUT2D eigenvalue weighted by molar-refractivity contribution is 0.0916. The van der Waals surface area contributed by atoms with Gasteiger partial charge < -0.3 is 23.5 Å². The van der Waals surface area contributed by atoms with E-state index in [2.05, 4.69) is 0 Å². The van der Waals surface area contributed by atoms with Crippen molar-refractivity contribution in [2.24, 2.45) is 0 Å². The number of Topliss-reactive ketones (excluding diaryl/α,β-unsaturated/α-hetero) is 1. The van der Waals surface area contributed by atoms with Crippen molar-refractivity contribution in [1.82, 2.24) is 0 Å². The molecule has 1 aliphatic heterocycles. The third-order valence-electron chi connectivity index (χ3n) is 6.56. The maximum Gasteiger partial charge on any atom is 0.339 e. The van der Waals surface area contributed by atoms with Gasteiger partial charge in [-0.15, -0.1) is 0 Å². The van der Waals surface area contributed by atoms with E-state index >= 15 is 0 Å². The monoisotopic (exact) mass is 580 g/mol. The van der Waals surface area contributed by atoms with Gasteiger partial charge in [-0.3, -0.25) is 4.79 Å². The normalized spacial score (nSPS) is 13.7. The summed E-state index contributed by atoms with van der Waals surface area (Å²) in [6.07, 6.45) is 4.45. The number of carbonyl (C=O) groups excluding carboxylic acids is 1. The lowest BCUT2D eigenvalue weighted by Gasteiger charge is -2.29. The molecule has 3 aromatic rings. The van der Waals surface area contributed by atoms with E-state index in [0.717, 1.165) is 12.0 Å². The fourth-order valence-electron chi connectivity index (χ4n) is 4.82. The summed E-state index contributed by atoms with van der Waals surface area (Å²) in [5.41, 5.74) is 2.60. The van der Waals surface area contributed by atoms with Crippen molar-refractivity contribution in [3.8, 4) is 23.0 Å². The number of aliphatic hydroxyl groups excluding tert-OH is 1. The maximum absolute atomic E-state index is 13.5. The topological polar surface area (TPSA) is 108 Å². The second-order valence-electron chi connectivity index (χ2n) is 10.6. The van der Waals surface area contributed by atoms with Gasteiger partial charge in [0.05, 0.1) is 24.3 Å². The van der Waals surface area contributed by atoms with Gasteiger partial charge in [0, 0.05) is 11.6 Å². The number of aliphatic hydroxyl groups is 1. The number of benzene rings is 3. The van der Waals surface area contributed by atoms with E-state index < -0.39 is 28.1 Å². The van der Waals surface area contributed by atoms with Crippen molar-refractivity contribution in [2.75, 3.05) is 13.2 Å². The minimum absolute atomic E-state index is 0.0168. The Morgan fingerprint density at radius 1 is 1.00 bits per heavy atom. The Kier molecular flexibility index (Phi) is 8.80. The number of hydrogen-bond acceptors (Lipinski definition) is 8. The van der Waals surface area contributed by atoms with Gasteiger partial charge in [-0.1, -0.05) is 24.6 Å². The van der Waals surface area contributed by atoms with Crippen molar-refractivity contribution in [2.45, 2.75) is 65.1 Å². The second kappa shape index (κ2) is 12.0. The van der Waals surface area contributed by atoms with Crippen molar-refractivity contribution in [3.05, 3.63) is 81.9 Å². The molecule has 9 heteroatoms. The molecule has 0 fully saturated rings. The van der Waals surface area contributed by atoms with E-state index in [0.29, 0.717) is 46.1 Å². The van der Waals surface area contributed by atoms with Crippen molar-refractivity contribution in [3.63, 3.8) is 0 Å². The highest BCUT2D eigenvalue weighted by molar-refractivity contribution is 7.87. The molecule has 1 aliphatic rings. The standard InChI is InChI=1S/C32H36O8S/c1-7-14-37-24-9-10-25(29(17-24)40-41(35,36)31-21(3)15-20(2)16-22(31)4)27(34)19-38-30-23(18-33)8-11-28-26(30)12-13-32(5,6)39-28/h8-13,15-17,33H,7,14,18-19H2,1-6H3. The van der Waals surface area contributed by atoms with E-state index in [9.17, 15) is 18.3 Å². The van der Waals surface area contributed by atoms with Crippen LogP contribution in [0.4, 0.5) is 0 Å². The number of ether oxygens (including phenoxy) is 3. The predicted octanol–water partition coefficient (Wildman–Crippen LogP) is 6.11. The molecule has 0 saturated carbocycles. The average molecular weight is 581 g/mol. The molecule has 0 amide bonds. The van der Waals surface area contributed by atoms with Crippen molar-refractivity contribution in [1.29, 1.82) is 0 Å². The number of fused-ring (bicyclic) bond motifs is 1. The van der Waals surface area contributed by atoms with Crippen LogP contribution in [0.15, 0.2) is 53.4 Å². The zero-order valence-electron chi connectivity index (χ0n) is 24.2. The molecule has 0 spiro atoms. The fraction of sp³-hybridized carbons (Fsp3) is 0.344. The van der Waals surface area contributed by atoms with Crippen LogP contribution in [-0.2, 0) is 16.7 Å². The lowest BCUT2D eigenvalue weighted by atomic mass is 9.99. The Balaban J connectivity index is 1.67. The smallest absolute Gasteiger partial charge is 0.339 e. The first-order chi connectivity index (χ1) is 19.3. The predicted molar refractivity (Wildman–Crippen MR) is 157 cm³/mol. The molecule has 41 heavy (non-hydrogen) atoms. The number of aryl methyl sites for hydroxylation is 3. The van der Waals surface area contributed by atoms with Gasteiger partial charge in [-0.25, -0.2) is 0 Å². The summed E-state index contributed by atoms with van der Waals surface area (Å²) in [7, 11) is -4.29. The van der Waals surface area contributed by atoms with Crippen LogP contribution in [0, 0.1) is 20.8 Å². The Morgan fingerprint density at radius 2 is 1.71 bits per heavy atom. The Morgan fingerprint density at radius 3 is 2.37 bits per heavy atom. The number of ketones is 1. The Labute approximate surface area is 241 Å². The summed E-state index contributed by atoms with van der Waals surface area (Å²) in [5.74, 6) is 0.574. The summed E-state index contributed by atoms with van der Waals surface area (Å²) in [6.45, 7) is 10.7. The molecule has 0 radical (unpaired) electrons. The largest absolute Gasteiger partial charge is 0.493 e. The molecule has 218 valence electrons. The van der Waals surface area contributed by atoms with Crippen LogP contribution in [0.25, 0.3) is 6.08 Å². The lowest BCUT2D eigenvalue weighted by Crippen LogP contribution is -2.27. The minimum Gasteiger partial charge on any atom is -0.493 e. The third kappa shape index (κ3) is 6.74. The highest BCUT2D eigenvalue weighted by Gasteiger charge is 2.28. The average Bonchev–Trinajstić information content (AvgIpc) is 2.88. The van der Waals surface area contributed by atoms with Crippen LogP contribution >= 0.6 is 0 Å². The van der Waals surface area contributed by atoms with Crippen molar-refractivity contribution < 1.29 is 36.7 Å². The molecule has 0 atom stereocenters. The first kappa shape index (κ1) is 30.1. The quantitative estimate of drug-likeness (QED) is 0.214. The number of hydrogen-bond donors (Lipinski definition) is 1. The highest BCUT2D eigenvalue weighted by Crippen LogP contribution is 2.39. The van der Waals surface area contributed by atoms with Gasteiger partial charge in [-0.05, 0) is 88.6 Å². The van der Waals surface area contributed by atoms with E-state index in [-0.39, 0.29) is 22.8 Å². The Hall–Kier alpha value is -3.82. The van der Waals surface area contributed by atoms with Crippen molar-refractivity contribution >= 4 is 22.0 Å². The number of carbonyl (C=O) groups is 1. The SMILES string of the molecule is CCCOc1ccc(C(=O)COc2c(CO)ccc3c2C=CC(C)(C)O3)c(OS(=O)(=O)c2c(C)cc(C)cc2C)c1. The molecule has 1 heterocycles. The molecule has 8 nitrogen and oxygen atoms in total. The summed E-state index contributed by atoms with van der Waals surface area (Å²) in [5, 5.41) is 9.92. The molecule has 4 rings (SSSR count). The highest BCUT2D eigenvalue weighted by atomic mass is 32.2. The van der Waals surface area contributed by atoms with E-state index in [1.807, 2.05) is 39.8 Å². The first-order valence-electron chi connectivity index (χ1n) is 13.5. The van der Waals surface area contributed by atoms with E-state index in [1.54, 1.807) is 44.2 Å². The minimum atomic E-state index is -4.29. The molecule has 0 saturated heterocycles. The molecule has 0 aliphatic carbocycles. The van der Waals surface area contributed by atoms with Gasteiger partial charge in [0.1, 0.15) is 27.7 Å². The molecular formula is C32H36O8S. The Bertz CT molecular complexity index is 1580. The summed E-state index contributed by atoms with van der Waals surface area (Å²) >= 11 is 0. The summed E-state index contributed by atoms with van der Waals surface area (Å²) in [6, 6.07) is 11.4. The summed E-state index contributed by atoms with van der Waals surface area (Å²) < 4.78 is 50.2. The molecule has 1 N–H and O–H groups in total.